The molecule has 4 N–H and O–H groups in total. The topological polar surface area (TPSA) is 106 Å². The second-order valence-corrected chi connectivity index (χ2v) is 7.58. The Bertz CT molecular complexity index is 928. The Labute approximate surface area is 166 Å². The van der Waals surface area contributed by atoms with Crippen LogP contribution in [0.15, 0.2) is 58.4 Å². The van der Waals surface area contributed by atoms with Gasteiger partial charge in [0.1, 0.15) is 5.75 Å². The number of benzene rings is 2. The highest BCUT2D eigenvalue weighted by atomic mass is 32.2. The molecule has 2 rings (SSSR count). The molecule has 0 radical (unpaired) electrons. The van der Waals surface area contributed by atoms with E-state index in [1.807, 2.05) is 0 Å². The molecule has 0 saturated heterocycles. The molecule has 0 amide bonds. The highest BCUT2D eigenvalue weighted by Crippen LogP contribution is 2.18. The third kappa shape index (κ3) is 8.00. The summed E-state index contributed by atoms with van der Waals surface area (Å²) in [5, 5.41) is 11.2. The molecule has 29 heavy (non-hydrogen) atoms. The monoisotopic (exact) mass is 430 g/mol. The first-order valence-corrected chi connectivity index (χ1v) is 9.96. The molecule has 0 aromatic heterocycles. The van der Waals surface area contributed by atoms with Crippen LogP contribution in [0.25, 0.3) is 0 Å². The molecule has 0 fully saturated rings. The predicted octanol–water partition coefficient (Wildman–Crippen LogP) is 2.14. The van der Waals surface area contributed by atoms with Crippen molar-refractivity contribution in [1.29, 1.82) is 0 Å². The zero-order valence-electron chi connectivity index (χ0n) is 15.5. The molecule has 0 heterocycles. The first-order chi connectivity index (χ1) is 13.6. The second-order valence-electron chi connectivity index (χ2n) is 6.02. The van der Waals surface area contributed by atoms with Gasteiger partial charge in [-0.2, -0.15) is 13.2 Å². The van der Waals surface area contributed by atoms with Crippen LogP contribution in [0.5, 0.6) is 5.75 Å². The molecule has 0 aliphatic heterocycles. The van der Waals surface area contributed by atoms with E-state index in [-0.39, 0.29) is 10.6 Å². The maximum Gasteiger partial charge on any atom is 0.422 e. The van der Waals surface area contributed by atoms with Crippen LogP contribution in [-0.2, 0) is 23.1 Å². The van der Waals surface area contributed by atoms with Crippen LogP contribution in [0.2, 0.25) is 0 Å². The lowest BCUT2D eigenvalue weighted by molar-refractivity contribution is -0.153. The number of hydrogen-bond acceptors (Lipinski definition) is 4. The third-order valence-electron chi connectivity index (χ3n) is 3.72. The van der Waals surface area contributed by atoms with Crippen LogP contribution in [0, 0.1) is 0 Å². The van der Waals surface area contributed by atoms with E-state index in [0.717, 1.165) is 11.1 Å². The van der Waals surface area contributed by atoms with Crippen LogP contribution in [0.3, 0.4) is 0 Å². The first-order valence-electron chi connectivity index (χ1n) is 8.41. The molecule has 0 bridgehead atoms. The van der Waals surface area contributed by atoms with Crippen LogP contribution in [0.4, 0.5) is 13.2 Å². The quantitative estimate of drug-likeness (QED) is 0.461. The summed E-state index contributed by atoms with van der Waals surface area (Å²) in [5.41, 5.74) is 1.65. The number of hydrogen-bond donors (Lipinski definition) is 3. The summed E-state index contributed by atoms with van der Waals surface area (Å²) in [5.74, 6) is 0.634. The van der Waals surface area contributed by atoms with Crippen molar-refractivity contribution in [3.05, 3.63) is 59.7 Å². The van der Waals surface area contributed by atoms with Gasteiger partial charge in [0.05, 0.1) is 4.90 Å². The molecule has 2 aromatic rings. The summed E-state index contributed by atoms with van der Waals surface area (Å²) in [6.07, 6.45) is -4.38. The number of ether oxygens (including phenoxy) is 1. The van der Waals surface area contributed by atoms with E-state index >= 15 is 0 Å². The lowest BCUT2D eigenvalue weighted by Crippen LogP contribution is -2.36. The Kier molecular flexibility index (Phi) is 7.46. The molecule has 0 atom stereocenters. The van der Waals surface area contributed by atoms with Gasteiger partial charge in [-0.1, -0.05) is 24.3 Å². The molecule has 0 spiro atoms. The van der Waals surface area contributed by atoms with Crippen molar-refractivity contribution in [2.24, 2.45) is 10.1 Å². The van der Waals surface area contributed by atoms with Crippen LogP contribution < -0.4 is 20.5 Å². The summed E-state index contributed by atoms with van der Waals surface area (Å²) >= 11 is 0. The minimum atomic E-state index is -4.38. The van der Waals surface area contributed by atoms with Crippen molar-refractivity contribution in [1.82, 2.24) is 10.6 Å². The van der Waals surface area contributed by atoms with E-state index in [4.69, 9.17) is 5.14 Å². The summed E-state index contributed by atoms with van der Waals surface area (Å²) < 4.78 is 63.6. The van der Waals surface area contributed by atoms with Gasteiger partial charge in [0.15, 0.2) is 12.6 Å². The highest BCUT2D eigenvalue weighted by Gasteiger charge is 2.28. The Balaban J connectivity index is 1.83. The van der Waals surface area contributed by atoms with Crippen LogP contribution >= 0.6 is 0 Å². The van der Waals surface area contributed by atoms with Gasteiger partial charge < -0.3 is 15.4 Å². The predicted molar refractivity (Wildman–Crippen MR) is 103 cm³/mol. The van der Waals surface area contributed by atoms with E-state index in [1.54, 1.807) is 31.3 Å². The van der Waals surface area contributed by atoms with Crippen molar-refractivity contribution >= 4 is 16.0 Å². The fourth-order valence-corrected chi connectivity index (χ4v) is 2.77. The average molecular weight is 430 g/mol. The molecule has 2 aromatic carbocycles. The number of nitrogens with two attached hydrogens (primary N) is 1. The molecule has 11 heteroatoms. The highest BCUT2D eigenvalue weighted by molar-refractivity contribution is 7.89. The van der Waals surface area contributed by atoms with Crippen molar-refractivity contribution in [2.75, 3.05) is 13.7 Å². The molecular formula is C18H21F3N4O3S. The van der Waals surface area contributed by atoms with Gasteiger partial charge >= 0.3 is 6.18 Å². The molecule has 0 aliphatic carbocycles. The minimum absolute atomic E-state index is 0.0337. The average Bonchev–Trinajstić information content (AvgIpc) is 2.66. The van der Waals surface area contributed by atoms with Gasteiger partial charge in [0.2, 0.25) is 10.0 Å². The Hall–Kier alpha value is -2.79. The smallest absolute Gasteiger partial charge is 0.422 e. The molecule has 0 unspecified atom stereocenters. The maximum atomic E-state index is 12.1. The number of alkyl halides is 3. The third-order valence-corrected chi connectivity index (χ3v) is 4.65. The van der Waals surface area contributed by atoms with Gasteiger partial charge in [0, 0.05) is 20.1 Å². The summed E-state index contributed by atoms with van der Waals surface area (Å²) in [4.78, 5) is 4.11. The molecule has 7 nitrogen and oxygen atoms in total. The number of nitrogens with one attached hydrogen (secondary N) is 2. The van der Waals surface area contributed by atoms with E-state index in [2.05, 4.69) is 20.4 Å². The fourth-order valence-electron chi connectivity index (χ4n) is 2.26. The molecular weight excluding hydrogens is 409 g/mol. The Morgan fingerprint density at radius 2 is 1.48 bits per heavy atom. The van der Waals surface area contributed by atoms with Crippen molar-refractivity contribution in [3.63, 3.8) is 0 Å². The summed E-state index contributed by atoms with van der Waals surface area (Å²) in [6.45, 7) is -0.544. The van der Waals surface area contributed by atoms with Crippen molar-refractivity contribution in [2.45, 2.75) is 24.2 Å². The molecule has 158 valence electrons. The number of aliphatic imine (C=N–C) groups is 1. The number of halogens is 3. The van der Waals surface area contributed by atoms with E-state index in [9.17, 15) is 21.6 Å². The van der Waals surface area contributed by atoms with Crippen molar-refractivity contribution in [3.8, 4) is 5.75 Å². The van der Waals surface area contributed by atoms with E-state index in [1.165, 1.54) is 24.3 Å². The largest absolute Gasteiger partial charge is 0.484 e. The minimum Gasteiger partial charge on any atom is -0.484 e. The summed E-state index contributed by atoms with van der Waals surface area (Å²) in [7, 11) is -2.14. The van der Waals surface area contributed by atoms with Gasteiger partial charge in [0.25, 0.3) is 0 Å². The van der Waals surface area contributed by atoms with Crippen LogP contribution in [-0.4, -0.2) is 34.2 Å². The lowest BCUT2D eigenvalue weighted by atomic mass is 10.2. The molecule has 0 saturated carbocycles. The summed E-state index contributed by atoms with van der Waals surface area (Å²) in [6, 6.07) is 12.4. The van der Waals surface area contributed by atoms with Gasteiger partial charge in [-0.15, -0.1) is 0 Å². The van der Waals surface area contributed by atoms with Gasteiger partial charge in [-0.25, -0.2) is 13.6 Å². The number of guanidine groups is 1. The lowest BCUT2D eigenvalue weighted by Gasteiger charge is -2.13. The van der Waals surface area contributed by atoms with Crippen molar-refractivity contribution < 1.29 is 26.3 Å². The number of primary sulfonamides is 1. The fraction of sp³-hybridized carbons (Fsp3) is 0.278. The normalized spacial score (nSPS) is 12.5. The SMILES string of the molecule is CN=C(NCc1ccc(OCC(F)(F)F)cc1)NCc1ccc(S(N)(=O)=O)cc1. The number of nitrogens with zero attached hydrogens (tertiary/aromatic N) is 1. The number of sulfonamides is 1. The Morgan fingerprint density at radius 3 is 1.90 bits per heavy atom. The van der Waals surface area contributed by atoms with E-state index < -0.39 is 22.8 Å². The molecule has 0 aliphatic rings. The number of rotatable bonds is 7. The zero-order valence-corrected chi connectivity index (χ0v) is 16.3. The maximum absolute atomic E-state index is 12.1. The Morgan fingerprint density at radius 1 is 1.00 bits per heavy atom. The van der Waals surface area contributed by atoms with Gasteiger partial charge in [-0.05, 0) is 35.4 Å². The second kappa shape index (κ2) is 9.61. The standard InChI is InChI=1S/C18H21F3N4O3S/c1-23-17(25-11-14-4-8-16(9-5-14)29(22,26)27)24-10-13-2-6-15(7-3-13)28-12-18(19,20)21/h2-9H,10-12H2,1H3,(H2,22,26,27)(H2,23,24,25). The van der Waals surface area contributed by atoms with E-state index in [0.29, 0.717) is 19.0 Å². The zero-order chi connectivity index (χ0) is 21.5. The van der Waals surface area contributed by atoms with Gasteiger partial charge in [-0.3, -0.25) is 4.99 Å². The van der Waals surface area contributed by atoms with Crippen LogP contribution in [0.1, 0.15) is 11.1 Å². The first kappa shape index (κ1) is 22.5.